The van der Waals surface area contributed by atoms with Gasteiger partial charge in [-0.05, 0) is 38.4 Å². The normalized spacial score (nSPS) is 19.3. The topological polar surface area (TPSA) is 58.2 Å². The van der Waals surface area contributed by atoms with Crippen molar-refractivity contribution in [3.63, 3.8) is 0 Å². The fraction of sp³-hybridized carbons (Fsp3) is 0.429. The van der Waals surface area contributed by atoms with E-state index in [1.807, 2.05) is 6.07 Å². The molecule has 0 bridgehead atoms. The van der Waals surface area contributed by atoms with Gasteiger partial charge >= 0.3 is 0 Å². The Balaban J connectivity index is 2.08. The molecule has 0 aromatic heterocycles. The van der Waals surface area contributed by atoms with E-state index in [1.54, 1.807) is 18.2 Å². The van der Waals surface area contributed by atoms with Crippen LogP contribution in [-0.2, 0) is 4.79 Å². The zero-order valence-electron chi connectivity index (χ0n) is 10.5. The first-order valence-electron chi connectivity index (χ1n) is 6.30. The van der Waals surface area contributed by atoms with Gasteiger partial charge in [-0.15, -0.1) is 0 Å². The van der Waals surface area contributed by atoms with Gasteiger partial charge in [0.15, 0.2) is 5.78 Å². The number of amides is 1. The molecule has 4 nitrogen and oxygen atoms in total. The third kappa shape index (κ3) is 2.96. The first-order valence-corrected chi connectivity index (χ1v) is 6.30. The van der Waals surface area contributed by atoms with Gasteiger partial charge in [0.2, 0.25) is 5.91 Å². The molecule has 1 atom stereocenters. The maximum atomic E-state index is 12.1. The lowest BCUT2D eigenvalue weighted by molar-refractivity contribution is -0.120. The molecule has 1 aliphatic rings. The van der Waals surface area contributed by atoms with Crippen LogP contribution in [-0.4, -0.2) is 24.8 Å². The zero-order valence-corrected chi connectivity index (χ0v) is 10.5. The smallest absolute Gasteiger partial charge is 0.228 e. The van der Waals surface area contributed by atoms with Crippen molar-refractivity contribution >= 4 is 17.4 Å². The average molecular weight is 246 g/mol. The summed E-state index contributed by atoms with van der Waals surface area (Å²) in [5, 5.41) is 6.07. The molecule has 1 aliphatic heterocycles. The summed E-state index contributed by atoms with van der Waals surface area (Å²) in [6, 6.07) is 7.12. The van der Waals surface area contributed by atoms with Crippen molar-refractivity contribution in [3.8, 4) is 0 Å². The van der Waals surface area contributed by atoms with Crippen LogP contribution in [0.15, 0.2) is 24.3 Å². The highest BCUT2D eigenvalue weighted by atomic mass is 16.2. The number of piperidine rings is 1. The van der Waals surface area contributed by atoms with E-state index in [0.29, 0.717) is 17.8 Å². The van der Waals surface area contributed by atoms with Crippen LogP contribution in [0.2, 0.25) is 0 Å². The summed E-state index contributed by atoms with van der Waals surface area (Å²) in [5.41, 5.74) is 1.18. The van der Waals surface area contributed by atoms with Gasteiger partial charge in [0, 0.05) is 12.1 Å². The van der Waals surface area contributed by atoms with Crippen molar-refractivity contribution < 1.29 is 9.59 Å². The summed E-state index contributed by atoms with van der Waals surface area (Å²) in [6.07, 6.45) is 1.92. The highest BCUT2D eigenvalue weighted by Gasteiger charge is 2.21. The van der Waals surface area contributed by atoms with Crippen LogP contribution in [0.1, 0.15) is 30.1 Å². The number of carbonyl (C=O) groups is 2. The Morgan fingerprint density at radius 2 is 2.11 bits per heavy atom. The van der Waals surface area contributed by atoms with Crippen LogP contribution in [0.4, 0.5) is 5.69 Å². The molecule has 1 saturated heterocycles. The average Bonchev–Trinajstić information content (AvgIpc) is 2.40. The van der Waals surface area contributed by atoms with Crippen LogP contribution >= 0.6 is 0 Å². The Hall–Kier alpha value is -1.68. The molecule has 1 aromatic rings. The van der Waals surface area contributed by atoms with Crippen LogP contribution in [0.5, 0.6) is 0 Å². The molecule has 0 aliphatic carbocycles. The van der Waals surface area contributed by atoms with Crippen molar-refractivity contribution in [3.05, 3.63) is 29.8 Å². The number of Topliss-reactive ketones (excluding diaryl/α,β-unsaturated/α-hetero) is 1. The lowest BCUT2D eigenvalue weighted by Gasteiger charge is -2.22. The monoisotopic (exact) mass is 246 g/mol. The fourth-order valence-electron chi connectivity index (χ4n) is 2.21. The fourth-order valence-corrected chi connectivity index (χ4v) is 2.21. The van der Waals surface area contributed by atoms with Gasteiger partial charge in [-0.1, -0.05) is 12.1 Å². The highest BCUT2D eigenvalue weighted by molar-refractivity contribution is 6.04. The van der Waals surface area contributed by atoms with E-state index in [0.717, 1.165) is 19.4 Å². The van der Waals surface area contributed by atoms with Crippen molar-refractivity contribution in [1.82, 2.24) is 5.32 Å². The summed E-state index contributed by atoms with van der Waals surface area (Å²) in [4.78, 5) is 23.5. The van der Waals surface area contributed by atoms with Crippen molar-refractivity contribution in [1.29, 1.82) is 0 Å². The third-order valence-corrected chi connectivity index (χ3v) is 3.23. The molecule has 1 fully saturated rings. The molecule has 1 aromatic carbocycles. The maximum Gasteiger partial charge on any atom is 0.228 e. The molecule has 0 saturated carbocycles. The molecule has 0 radical (unpaired) electrons. The summed E-state index contributed by atoms with van der Waals surface area (Å²) < 4.78 is 0. The number of benzene rings is 1. The molecule has 1 unspecified atom stereocenters. The highest BCUT2D eigenvalue weighted by Crippen LogP contribution is 2.18. The minimum absolute atomic E-state index is 0.00114. The van der Waals surface area contributed by atoms with E-state index >= 15 is 0 Å². The Morgan fingerprint density at radius 1 is 1.33 bits per heavy atom. The minimum Gasteiger partial charge on any atom is -0.325 e. The first kappa shape index (κ1) is 12.8. The summed E-state index contributed by atoms with van der Waals surface area (Å²) in [7, 11) is 0. The Morgan fingerprint density at radius 3 is 2.78 bits per heavy atom. The predicted molar refractivity (Wildman–Crippen MR) is 70.7 cm³/mol. The zero-order chi connectivity index (χ0) is 13.0. The van der Waals surface area contributed by atoms with Crippen molar-refractivity contribution in [2.45, 2.75) is 19.8 Å². The second-order valence-corrected chi connectivity index (χ2v) is 4.63. The van der Waals surface area contributed by atoms with Crippen LogP contribution in [0.25, 0.3) is 0 Å². The quantitative estimate of drug-likeness (QED) is 0.800. The molecule has 4 heteroatoms. The van der Waals surface area contributed by atoms with Gasteiger partial charge in [0.05, 0.1) is 11.6 Å². The van der Waals surface area contributed by atoms with E-state index < -0.39 is 0 Å². The second kappa shape index (κ2) is 5.78. The molecular weight excluding hydrogens is 228 g/mol. The summed E-state index contributed by atoms with van der Waals surface area (Å²) in [5.74, 6) is -0.0395. The number of ketones is 1. The van der Waals surface area contributed by atoms with Crippen molar-refractivity contribution in [2.75, 3.05) is 18.4 Å². The first-order chi connectivity index (χ1) is 8.68. The molecule has 0 spiro atoms. The number of hydrogen-bond acceptors (Lipinski definition) is 3. The molecule has 2 N–H and O–H groups in total. The lowest BCUT2D eigenvalue weighted by Crippen LogP contribution is -2.37. The Labute approximate surface area is 107 Å². The lowest BCUT2D eigenvalue weighted by atomic mass is 9.98. The minimum atomic E-state index is -0.0346. The van der Waals surface area contributed by atoms with E-state index in [1.165, 1.54) is 6.92 Å². The molecule has 1 amide bonds. The molecular formula is C14H18N2O2. The number of para-hydroxylation sites is 1. The number of rotatable bonds is 3. The van der Waals surface area contributed by atoms with Gasteiger partial charge in [0.25, 0.3) is 0 Å². The predicted octanol–water partition coefficient (Wildman–Crippen LogP) is 1.83. The number of nitrogens with one attached hydrogen (secondary N) is 2. The Kier molecular flexibility index (Phi) is 4.10. The van der Waals surface area contributed by atoms with Gasteiger partial charge in [0.1, 0.15) is 0 Å². The maximum absolute atomic E-state index is 12.1. The number of anilines is 1. The molecule has 96 valence electrons. The van der Waals surface area contributed by atoms with E-state index in [9.17, 15) is 9.59 Å². The van der Waals surface area contributed by atoms with Gasteiger partial charge < -0.3 is 10.6 Å². The van der Waals surface area contributed by atoms with Crippen LogP contribution in [0.3, 0.4) is 0 Å². The third-order valence-electron chi connectivity index (χ3n) is 3.23. The summed E-state index contributed by atoms with van der Waals surface area (Å²) >= 11 is 0. The molecule has 1 heterocycles. The van der Waals surface area contributed by atoms with Crippen LogP contribution in [0, 0.1) is 5.92 Å². The van der Waals surface area contributed by atoms with E-state index in [4.69, 9.17) is 0 Å². The standard InChI is InChI=1S/C14H18N2O2/c1-10(17)12-6-2-3-7-13(12)16-14(18)11-5-4-8-15-9-11/h2-3,6-7,11,15H,4-5,8-9H2,1H3,(H,16,18). The molecule has 18 heavy (non-hydrogen) atoms. The van der Waals surface area contributed by atoms with E-state index in [-0.39, 0.29) is 17.6 Å². The summed E-state index contributed by atoms with van der Waals surface area (Å²) in [6.45, 7) is 3.20. The number of hydrogen-bond donors (Lipinski definition) is 2. The van der Waals surface area contributed by atoms with E-state index in [2.05, 4.69) is 10.6 Å². The Bertz CT molecular complexity index is 451. The SMILES string of the molecule is CC(=O)c1ccccc1NC(=O)C1CCCNC1. The second-order valence-electron chi connectivity index (χ2n) is 4.63. The molecule has 2 rings (SSSR count). The number of carbonyl (C=O) groups excluding carboxylic acids is 2. The van der Waals surface area contributed by atoms with Crippen LogP contribution < -0.4 is 10.6 Å². The van der Waals surface area contributed by atoms with Gasteiger partial charge in [-0.2, -0.15) is 0 Å². The van der Waals surface area contributed by atoms with Gasteiger partial charge in [-0.25, -0.2) is 0 Å². The van der Waals surface area contributed by atoms with Crippen molar-refractivity contribution in [2.24, 2.45) is 5.92 Å². The largest absolute Gasteiger partial charge is 0.325 e. The van der Waals surface area contributed by atoms with Gasteiger partial charge in [-0.3, -0.25) is 9.59 Å².